The number of piperidine rings is 1. The lowest BCUT2D eigenvalue weighted by Crippen LogP contribution is -2.56. The van der Waals surface area contributed by atoms with Crippen molar-refractivity contribution in [3.05, 3.63) is 58.1 Å². The van der Waals surface area contributed by atoms with Crippen molar-refractivity contribution in [1.29, 1.82) is 5.26 Å². The molecule has 188 valence electrons. The topological polar surface area (TPSA) is 119 Å². The molecule has 0 aliphatic carbocycles. The van der Waals surface area contributed by atoms with Gasteiger partial charge in [-0.1, -0.05) is 35.3 Å². The number of carbonyl (C=O) groups excluding carboxylic acids is 1. The zero-order valence-corrected chi connectivity index (χ0v) is 20.3. The summed E-state index contributed by atoms with van der Waals surface area (Å²) in [6.45, 7) is -2.35. The Morgan fingerprint density at radius 2 is 2.08 bits per heavy atom. The molecule has 2 aromatic carbocycles. The van der Waals surface area contributed by atoms with Crippen LogP contribution in [0.25, 0.3) is 0 Å². The van der Waals surface area contributed by atoms with Gasteiger partial charge in [0.15, 0.2) is 6.19 Å². The van der Waals surface area contributed by atoms with Crippen LogP contribution >= 0.6 is 23.2 Å². The van der Waals surface area contributed by atoms with Crippen LogP contribution in [-0.2, 0) is 4.79 Å². The zero-order valence-electron chi connectivity index (χ0n) is 18.7. The maximum atomic E-state index is 12.9. The minimum Gasteiger partial charge on any atom is -0.435 e. The number of alkyl halides is 2. The van der Waals surface area contributed by atoms with E-state index >= 15 is 0 Å². The number of halogens is 4. The summed E-state index contributed by atoms with van der Waals surface area (Å²) < 4.78 is 29.7. The highest BCUT2D eigenvalue weighted by atomic mass is 35.5. The molecular formula is C23H21Cl2F2N7O2. The third kappa shape index (κ3) is 5.67. The predicted molar refractivity (Wildman–Crippen MR) is 131 cm³/mol. The molecule has 9 nitrogen and oxygen atoms in total. The highest BCUT2D eigenvalue weighted by Gasteiger charge is 2.40. The Morgan fingerprint density at radius 1 is 1.28 bits per heavy atom. The van der Waals surface area contributed by atoms with Crippen molar-refractivity contribution in [3.8, 4) is 11.9 Å². The molecule has 2 aromatic rings. The first-order chi connectivity index (χ1) is 17.3. The van der Waals surface area contributed by atoms with Crippen molar-refractivity contribution in [2.45, 2.75) is 31.5 Å². The third-order valence-corrected chi connectivity index (χ3v) is 6.42. The van der Waals surface area contributed by atoms with Gasteiger partial charge in [0, 0.05) is 18.2 Å². The van der Waals surface area contributed by atoms with E-state index in [-0.39, 0.29) is 29.8 Å². The molecule has 36 heavy (non-hydrogen) atoms. The van der Waals surface area contributed by atoms with Crippen LogP contribution in [0.4, 0.5) is 14.5 Å². The van der Waals surface area contributed by atoms with Crippen molar-refractivity contribution in [2.75, 3.05) is 13.1 Å². The minimum atomic E-state index is -2.99. The normalized spacial score (nSPS) is 20.4. The number of nitrogens with one attached hydrogen (secondary N) is 1. The van der Waals surface area contributed by atoms with Crippen LogP contribution in [0.15, 0.2) is 52.6 Å². The van der Waals surface area contributed by atoms with Crippen LogP contribution in [0.1, 0.15) is 18.4 Å². The van der Waals surface area contributed by atoms with E-state index in [1.807, 2.05) is 6.19 Å². The number of nitrogens with two attached hydrogens (primary N) is 1. The maximum Gasteiger partial charge on any atom is 0.387 e. The average molecular weight is 536 g/mol. The predicted octanol–water partition coefficient (Wildman–Crippen LogP) is 3.69. The first kappa shape index (κ1) is 25.6. The van der Waals surface area contributed by atoms with Crippen molar-refractivity contribution < 1.29 is 18.3 Å². The quantitative estimate of drug-likeness (QED) is 0.261. The van der Waals surface area contributed by atoms with Gasteiger partial charge in [0.1, 0.15) is 5.75 Å². The fourth-order valence-electron chi connectivity index (χ4n) is 4.06. The molecule has 4 rings (SSSR count). The molecule has 0 radical (unpaired) electrons. The molecule has 2 heterocycles. The monoisotopic (exact) mass is 535 g/mol. The van der Waals surface area contributed by atoms with E-state index in [9.17, 15) is 18.8 Å². The zero-order chi connectivity index (χ0) is 25.8. The van der Waals surface area contributed by atoms with Crippen LogP contribution in [0.5, 0.6) is 5.75 Å². The molecule has 1 amide bonds. The van der Waals surface area contributed by atoms with Crippen LogP contribution in [0.2, 0.25) is 10.0 Å². The molecular weight excluding hydrogens is 515 g/mol. The van der Waals surface area contributed by atoms with Crippen molar-refractivity contribution in [3.63, 3.8) is 0 Å². The fraction of sp³-hybridized carbons (Fsp3) is 0.304. The molecule has 2 atom stereocenters. The molecule has 0 aromatic heterocycles. The number of carbonyl (C=O) groups is 1. The van der Waals surface area contributed by atoms with Crippen molar-refractivity contribution in [1.82, 2.24) is 15.2 Å². The van der Waals surface area contributed by atoms with Crippen LogP contribution in [0.3, 0.4) is 0 Å². The number of nitrogens with zero attached hydrogens (tertiary/aromatic N) is 5. The number of nitriles is 1. The van der Waals surface area contributed by atoms with E-state index in [0.29, 0.717) is 34.3 Å². The van der Waals surface area contributed by atoms with E-state index in [1.165, 1.54) is 23.2 Å². The number of ether oxygens (including phenoxy) is 1. The van der Waals surface area contributed by atoms with Gasteiger partial charge in [-0.2, -0.15) is 19.1 Å². The summed E-state index contributed by atoms with van der Waals surface area (Å²) in [5, 5.41) is 18.6. The Labute approximate surface area is 215 Å². The Kier molecular flexibility index (Phi) is 7.88. The molecule has 0 bridgehead atoms. The second-order valence-electron chi connectivity index (χ2n) is 8.04. The molecule has 2 unspecified atom stereocenters. The second kappa shape index (κ2) is 11.1. The van der Waals surface area contributed by atoms with Gasteiger partial charge < -0.3 is 15.4 Å². The van der Waals surface area contributed by atoms with Crippen LogP contribution in [-0.4, -0.2) is 59.3 Å². The molecule has 13 heteroatoms. The summed E-state index contributed by atoms with van der Waals surface area (Å²) >= 11 is 12.3. The van der Waals surface area contributed by atoms with E-state index in [1.54, 1.807) is 29.2 Å². The first-order valence-electron chi connectivity index (χ1n) is 10.9. The van der Waals surface area contributed by atoms with Gasteiger partial charge in [0.2, 0.25) is 11.9 Å². The molecule has 3 N–H and O–H groups in total. The first-order valence-corrected chi connectivity index (χ1v) is 11.7. The number of amides is 1. The maximum absolute atomic E-state index is 12.9. The summed E-state index contributed by atoms with van der Waals surface area (Å²) in [6.07, 6.45) is 3.13. The van der Waals surface area contributed by atoms with Gasteiger partial charge in [-0.3, -0.25) is 10.1 Å². The average Bonchev–Trinajstić information content (AvgIpc) is 3.27. The Bertz CT molecular complexity index is 1250. The highest BCUT2D eigenvalue weighted by Crippen LogP contribution is 2.29. The molecule has 2 aliphatic heterocycles. The van der Waals surface area contributed by atoms with Gasteiger partial charge in [-0.25, -0.2) is 10.0 Å². The van der Waals surface area contributed by atoms with E-state index in [4.69, 9.17) is 28.9 Å². The second-order valence-corrected chi connectivity index (χ2v) is 8.85. The summed E-state index contributed by atoms with van der Waals surface area (Å²) in [7, 11) is 0. The third-order valence-electron chi connectivity index (χ3n) is 5.69. The smallest absolute Gasteiger partial charge is 0.387 e. The standard InChI is InChI=1S/C23H21Cl2F2N7O2/c24-16-7-6-13(9-17(16)25)20-19(33-8-2-5-18(29)21(33)35)11-34(32-20)23(30-12-28)31-14-3-1-4-15(10-14)36-22(26)27/h1,3-4,6-7,9-10,18-19,22H,2,5,8,11,29H2,(H,30,31). The van der Waals surface area contributed by atoms with Gasteiger partial charge in [-0.15, -0.1) is 0 Å². The Morgan fingerprint density at radius 3 is 2.81 bits per heavy atom. The number of likely N-dealkylation sites (tertiary alicyclic amines) is 1. The van der Waals surface area contributed by atoms with E-state index < -0.39 is 18.7 Å². The van der Waals surface area contributed by atoms with Crippen molar-refractivity contribution in [2.24, 2.45) is 15.8 Å². The molecule has 1 saturated heterocycles. The summed E-state index contributed by atoms with van der Waals surface area (Å²) in [6, 6.07) is 9.59. The summed E-state index contributed by atoms with van der Waals surface area (Å²) in [5.41, 5.74) is 7.42. The number of aliphatic imine (C=N–C) groups is 1. The number of hydrazone groups is 1. The number of hydrogen-bond donors (Lipinski definition) is 2. The van der Waals surface area contributed by atoms with E-state index in [2.05, 4.69) is 20.1 Å². The molecule has 0 spiro atoms. The van der Waals surface area contributed by atoms with Crippen LogP contribution < -0.4 is 15.8 Å². The summed E-state index contributed by atoms with van der Waals surface area (Å²) in [5.74, 6) is -0.264. The number of guanidine groups is 1. The van der Waals surface area contributed by atoms with Crippen molar-refractivity contribution >= 4 is 46.5 Å². The fourth-order valence-corrected chi connectivity index (χ4v) is 4.36. The lowest BCUT2D eigenvalue weighted by molar-refractivity contribution is -0.136. The van der Waals surface area contributed by atoms with E-state index in [0.717, 1.165) is 6.42 Å². The van der Waals surface area contributed by atoms with Crippen LogP contribution in [0, 0.1) is 11.5 Å². The molecule has 2 aliphatic rings. The van der Waals surface area contributed by atoms with Gasteiger partial charge >= 0.3 is 6.61 Å². The summed E-state index contributed by atoms with van der Waals surface area (Å²) in [4.78, 5) is 19.0. The number of benzene rings is 2. The molecule has 1 fully saturated rings. The molecule has 0 saturated carbocycles. The van der Waals surface area contributed by atoms with Gasteiger partial charge in [-0.05, 0) is 37.1 Å². The SMILES string of the molecule is N#CNC(=Nc1cccc(OC(F)F)c1)N1CC(N2CCCC(N)C2=O)C(c2ccc(Cl)c(Cl)c2)=N1. The Hall–Kier alpha value is -3.46. The Balaban J connectivity index is 1.73. The highest BCUT2D eigenvalue weighted by molar-refractivity contribution is 6.42. The number of hydrogen-bond acceptors (Lipinski definition) is 6. The van der Waals surface area contributed by atoms with Gasteiger partial charge in [0.05, 0.1) is 40.1 Å². The lowest BCUT2D eigenvalue weighted by atomic mass is 9.98. The lowest BCUT2D eigenvalue weighted by Gasteiger charge is -2.35. The largest absolute Gasteiger partial charge is 0.435 e. The minimum absolute atomic E-state index is 0.0283. The number of rotatable bonds is 5. The van der Waals surface area contributed by atoms with Gasteiger partial charge in [0.25, 0.3) is 0 Å².